The molecule has 2 aromatic carbocycles. The summed E-state index contributed by atoms with van der Waals surface area (Å²) in [5.41, 5.74) is 17.9. The number of nitrogen functional groups attached to an aromatic ring is 1. The van der Waals surface area contributed by atoms with E-state index in [2.05, 4.69) is 83.7 Å². The summed E-state index contributed by atoms with van der Waals surface area (Å²) in [7, 11) is 0. The number of aryl methyl sites for hydroxylation is 3. The fraction of sp³-hybridized carbons (Fsp3) is 0.231. The van der Waals surface area contributed by atoms with Gasteiger partial charge in [-0.2, -0.15) is 0 Å². The number of nitrogens with two attached hydrogens (primary N) is 1. The lowest BCUT2D eigenvalue weighted by molar-refractivity contribution is 1.33. The zero-order chi connectivity index (χ0) is 20.1. The van der Waals surface area contributed by atoms with Crippen molar-refractivity contribution in [3.8, 4) is 0 Å². The van der Waals surface area contributed by atoms with E-state index in [1.807, 2.05) is 19.1 Å². The number of hydrogen-bond acceptors (Lipinski definition) is 1. The molecule has 0 unspecified atom stereocenters. The third-order valence-corrected chi connectivity index (χ3v) is 5.11. The molecule has 0 saturated heterocycles. The Bertz CT molecular complexity index is 952. The monoisotopic (exact) mass is 357 g/mol. The summed E-state index contributed by atoms with van der Waals surface area (Å²) in [5.74, 6) is 0. The van der Waals surface area contributed by atoms with Gasteiger partial charge in [-0.15, -0.1) is 0 Å². The molecule has 0 fully saturated rings. The van der Waals surface area contributed by atoms with Crippen molar-refractivity contribution in [1.82, 2.24) is 0 Å². The first-order valence-corrected chi connectivity index (χ1v) is 9.37. The molecular weight excluding hydrogens is 326 g/mol. The maximum atomic E-state index is 6.14. The Kier molecular flexibility index (Phi) is 6.63. The molecule has 1 nitrogen and oxygen atoms in total. The Hall–Kier alpha value is -2.80. The van der Waals surface area contributed by atoms with Crippen LogP contribution in [0.5, 0.6) is 0 Å². The molecule has 0 heterocycles. The highest BCUT2D eigenvalue weighted by Gasteiger charge is 2.08. The maximum Gasteiger partial charge on any atom is 0.0349 e. The van der Waals surface area contributed by atoms with E-state index in [1.165, 1.54) is 33.4 Å². The van der Waals surface area contributed by atoms with E-state index < -0.39 is 0 Å². The van der Waals surface area contributed by atoms with Gasteiger partial charge in [-0.25, -0.2) is 0 Å². The Morgan fingerprint density at radius 2 is 1.63 bits per heavy atom. The van der Waals surface area contributed by atoms with Crippen LogP contribution in [-0.2, 0) is 0 Å². The molecule has 0 aliphatic heterocycles. The van der Waals surface area contributed by atoms with Crippen LogP contribution in [-0.4, -0.2) is 0 Å². The molecule has 27 heavy (non-hydrogen) atoms. The van der Waals surface area contributed by atoms with Crippen LogP contribution < -0.4 is 5.73 Å². The fourth-order valence-corrected chi connectivity index (χ4v) is 3.34. The van der Waals surface area contributed by atoms with Crippen LogP contribution in [0.4, 0.5) is 5.69 Å². The van der Waals surface area contributed by atoms with E-state index in [9.17, 15) is 0 Å². The van der Waals surface area contributed by atoms with Crippen molar-refractivity contribution >= 4 is 16.8 Å². The summed E-state index contributed by atoms with van der Waals surface area (Å²) in [6, 6.07) is 12.8. The number of rotatable bonds is 5. The zero-order valence-corrected chi connectivity index (χ0v) is 17.5. The van der Waals surface area contributed by atoms with Crippen LogP contribution >= 0.6 is 0 Å². The van der Waals surface area contributed by atoms with Crippen molar-refractivity contribution in [2.75, 3.05) is 5.73 Å². The van der Waals surface area contributed by atoms with E-state index in [1.54, 1.807) is 0 Å². The predicted molar refractivity (Wildman–Crippen MR) is 122 cm³/mol. The molecule has 2 N–H and O–H groups in total. The number of hydrogen-bond donors (Lipinski definition) is 1. The highest BCUT2D eigenvalue weighted by atomic mass is 14.6. The molecule has 0 amide bonds. The SMILES string of the molecule is C=C\C=C(/C(C)=C(C)/C=C(\C)c1ccc(C)cc1C)c1ccc(C)c(N)c1. The largest absolute Gasteiger partial charge is 0.398 e. The van der Waals surface area contributed by atoms with Crippen LogP contribution in [0.1, 0.15) is 48.6 Å². The van der Waals surface area contributed by atoms with Crippen molar-refractivity contribution in [3.63, 3.8) is 0 Å². The first-order valence-electron chi connectivity index (χ1n) is 9.37. The smallest absolute Gasteiger partial charge is 0.0349 e. The third-order valence-electron chi connectivity index (χ3n) is 5.11. The van der Waals surface area contributed by atoms with Crippen molar-refractivity contribution in [2.24, 2.45) is 0 Å². The maximum absolute atomic E-state index is 6.14. The summed E-state index contributed by atoms with van der Waals surface area (Å²) in [6.45, 7) is 16.7. The molecular formula is C26H31N. The van der Waals surface area contributed by atoms with E-state index in [4.69, 9.17) is 5.73 Å². The average Bonchev–Trinajstić information content (AvgIpc) is 2.61. The summed E-state index contributed by atoms with van der Waals surface area (Å²) < 4.78 is 0. The summed E-state index contributed by atoms with van der Waals surface area (Å²) in [5, 5.41) is 0. The van der Waals surface area contributed by atoms with Gasteiger partial charge in [-0.3, -0.25) is 0 Å². The van der Waals surface area contributed by atoms with Gasteiger partial charge >= 0.3 is 0 Å². The molecule has 2 aromatic rings. The van der Waals surface area contributed by atoms with Crippen LogP contribution in [0.2, 0.25) is 0 Å². The zero-order valence-electron chi connectivity index (χ0n) is 17.5. The van der Waals surface area contributed by atoms with E-state index >= 15 is 0 Å². The lowest BCUT2D eigenvalue weighted by Gasteiger charge is -2.14. The molecule has 0 atom stereocenters. The van der Waals surface area contributed by atoms with Crippen LogP contribution in [0, 0.1) is 20.8 Å². The third kappa shape index (κ3) is 4.89. The normalized spacial score (nSPS) is 13.4. The van der Waals surface area contributed by atoms with Crippen molar-refractivity contribution in [2.45, 2.75) is 41.5 Å². The van der Waals surface area contributed by atoms with Gasteiger partial charge in [-0.1, -0.05) is 60.7 Å². The minimum atomic E-state index is 0.815. The van der Waals surface area contributed by atoms with Crippen molar-refractivity contribution in [3.05, 3.63) is 100 Å². The van der Waals surface area contributed by atoms with E-state index in [0.29, 0.717) is 0 Å². The lowest BCUT2D eigenvalue weighted by Crippen LogP contribution is -1.95. The summed E-state index contributed by atoms with van der Waals surface area (Å²) in [6.07, 6.45) is 6.16. The highest BCUT2D eigenvalue weighted by Crippen LogP contribution is 2.30. The quantitative estimate of drug-likeness (QED) is 0.444. The van der Waals surface area contributed by atoms with Crippen LogP contribution in [0.3, 0.4) is 0 Å². The van der Waals surface area contributed by atoms with Crippen molar-refractivity contribution < 1.29 is 0 Å². The summed E-state index contributed by atoms with van der Waals surface area (Å²) in [4.78, 5) is 0. The number of benzene rings is 2. The second-order valence-electron chi connectivity index (χ2n) is 7.34. The minimum absolute atomic E-state index is 0.815. The molecule has 0 aromatic heterocycles. The molecule has 0 bridgehead atoms. The number of allylic oxidation sites excluding steroid dienone is 7. The van der Waals surface area contributed by atoms with Gasteiger partial charge in [0.15, 0.2) is 0 Å². The molecule has 2 rings (SSSR count). The molecule has 0 radical (unpaired) electrons. The Morgan fingerprint density at radius 1 is 0.926 bits per heavy atom. The fourth-order valence-electron chi connectivity index (χ4n) is 3.34. The molecule has 1 heteroatoms. The predicted octanol–water partition coefficient (Wildman–Crippen LogP) is 7.20. The van der Waals surface area contributed by atoms with Gasteiger partial charge in [0.2, 0.25) is 0 Å². The van der Waals surface area contributed by atoms with Crippen LogP contribution in [0.15, 0.2) is 72.4 Å². The molecule has 140 valence electrons. The Labute approximate surface area is 164 Å². The van der Waals surface area contributed by atoms with E-state index in [0.717, 1.165) is 22.4 Å². The van der Waals surface area contributed by atoms with E-state index in [-0.39, 0.29) is 0 Å². The van der Waals surface area contributed by atoms with Gasteiger partial charge in [0, 0.05) is 5.69 Å². The van der Waals surface area contributed by atoms with Gasteiger partial charge in [0.25, 0.3) is 0 Å². The van der Waals surface area contributed by atoms with Crippen LogP contribution in [0.25, 0.3) is 11.1 Å². The van der Waals surface area contributed by atoms with Gasteiger partial charge in [0.1, 0.15) is 0 Å². The molecule has 0 saturated carbocycles. The van der Waals surface area contributed by atoms with Gasteiger partial charge in [-0.05, 0) is 92.2 Å². The van der Waals surface area contributed by atoms with Gasteiger partial charge < -0.3 is 5.73 Å². The van der Waals surface area contributed by atoms with Gasteiger partial charge in [0.05, 0.1) is 0 Å². The summed E-state index contributed by atoms with van der Waals surface area (Å²) >= 11 is 0. The Morgan fingerprint density at radius 3 is 2.22 bits per heavy atom. The second kappa shape index (κ2) is 8.73. The van der Waals surface area contributed by atoms with Crippen molar-refractivity contribution in [1.29, 1.82) is 0 Å². The minimum Gasteiger partial charge on any atom is -0.398 e. The Balaban J connectivity index is 2.49. The molecule has 0 aliphatic carbocycles. The highest BCUT2D eigenvalue weighted by molar-refractivity contribution is 5.83. The standard InChI is InChI=1S/C26H31N/c1-8-9-25(23-12-11-18(3)26(27)16-23)22(7)19(4)15-21(6)24-13-10-17(2)14-20(24)5/h8-16H,1,27H2,2-7H3/b21-15+,22-19+,25-9+. The number of anilines is 1. The first-order chi connectivity index (χ1) is 12.7. The molecule has 0 spiro atoms. The second-order valence-corrected chi connectivity index (χ2v) is 7.34. The first kappa shape index (κ1) is 20.5. The topological polar surface area (TPSA) is 26.0 Å². The lowest BCUT2D eigenvalue weighted by atomic mass is 9.92. The average molecular weight is 358 g/mol. The molecule has 0 aliphatic rings.